The zero-order valence-electron chi connectivity index (χ0n) is 18.0. The van der Waals surface area contributed by atoms with Crippen LogP contribution in [0.5, 0.6) is 5.75 Å². The number of anilines is 1. The van der Waals surface area contributed by atoms with Gasteiger partial charge < -0.3 is 19.9 Å². The van der Waals surface area contributed by atoms with Crippen LogP contribution >= 0.6 is 0 Å². The Hall–Kier alpha value is -2.53. The molecule has 1 fully saturated rings. The number of carbonyl (C=O) groups excluding carboxylic acids is 1. The van der Waals surface area contributed by atoms with Gasteiger partial charge in [-0.2, -0.15) is 0 Å². The zero-order chi connectivity index (χ0) is 20.8. The molecule has 2 aromatic carbocycles. The molecule has 156 valence electrons. The number of benzene rings is 2. The molecule has 1 unspecified atom stereocenters. The number of piperazine rings is 1. The number of nitrogens with zero attached hydrogens (tertiary/aromatic N) is 2. The maximum absolute atomic E-state index is 12.5. The van der Waals surface area contributed by atoms with Crippen molar-refractivity contribution in [1.82, 2.24) is 10.2 Å². The van der Waals surface area contributed by atoms with Crippen LogP contribution in [0.2, 0.25) is 0 Å². The van der Waals surface area contributed by atoms with Crippen LogP contribution in [0.4, 0.5) is 5.69 Å². The highest BCUT2D eigenvalue weighted by Gasteiger charge is 2.17. The molecule has 0 saturated carbocycles. The van der Waals surface area contributed by atoms with Gasteiger partial charge >= 0.3 is 0 Å². The van der Waals surface area contributed by atoms with Gasteiger partial charge in [0.1, 0.15) is 5.75 Å². The number of ether oxygens (including phenoxy) is 1. The minimum atomic E-state index is -0.542. The first kappa shape index (κ1) is 21.2. The van der Waals surface area contributed by atoms with E-state index in [9.17, 15) is 4.79 Å². The average molecular weight is 396 g/mol. The maximum Gasteiger partial charge on any atom is 0.261 e. The van der Waals surface area contributed by atoms with Crippen LogP contribution in [0.15, 0.2) is 48.5 Å². The van der Waals surface area contributed by atoms with Crippen molar-refractivity contribution in [2.45, 2.75) is 39.3 Å². The summed E-state index contributed by atoms with van der Waals surface area (Å²) in [6.07, 6.45) is -0.542. The molecule has 1 aliphatic rings. The summed E-state index contributed by atoms with van der Waals surface area (Å²) in [7, 11) is 2.16. The minimum Gasteiger partial charge on any atom is -0.481 e. The summed E-state index contributed by atoms with van der Waals surface area (Å²) in [5.41, 5.74) is 3.45. The Kier molecular flexibility index (Phi) is 7.15. The standard InChI is InChI=1S/C24H33N3O2/c1-18(2)22-7-5-6-8-23(22)29-19(3)24(28)25-17-20-9-11-21(12-10-20)27-15-13-26(4)14-16-27/h5-12,18-19H,13-17H2,1-4H3,(H,25,28). The highest BCUT2D eigenvalue weighted by Crippen LogP contribution is 2.26. The topological polar surface area (TPSA) is 44.8 Å². The molecule has 1 N–H and O–H groups in total. The molecule has 3 rings (SSSR count). The van der Waals surface area contributed by atoms with Crippen molar-refractivity contribution in [2.75, 3.05) is 38.1 Å². The Morgan fingerprint density at radius 3 is 2.31 bits per heavy atom. The third kappa shape index (κ3) is 5.73. The first-order valence-electron chi connectivity index (χ1n) is 10.5. The largest absolute Gasteiger partial charge is 0.481 e. The Bertz CT molecular complexity index is 796. The summed E-state index contributed by atoms with van der Waals surface area (Å²) in [6, 6.07) is 16.4. The van der Waals surface area contributed by atoms with E-state index in [4.69, 9.17) is 4.74 Å². The van der Waals surface area contributed by atoms with Gasteiger partial charge in [0.2, 0.25) is 0 Å². The molecule has 0 bridgehead atoms. The quantitative estimate of drug-likeness (QED) is 0.777. The van der Waals surface area contributed by atoms with Crippen LogP contribution in [0.25, 0.3) is 0 Å². The molecule has 0 radical (unpaired) electrons. The number of nitrogens with one attached hydrogen (secondary N) is 1. The first-order chi connectivity index (χ1) is 13.9. The van der Waals surface area contributed by atoms with Gasteiger partial charge in [0.05, 0.1) is 0 Å². The van der Waals surface area contributed by atoms with Gasteiger partial charge in [-0.1, -0.05) is 44.2 Å². The molecule has 0 aliphatic carbocycles. The van der Waals surface area contributed by atoms with Gasteiger partial charge in [-0.25, -0.2) is 0 Å². The van der Waals surface area contributed by atoms with Crippen molar-refractivity contribution in [3.05, 3.63) is 59.7 Å². The molecule has 0 spiro atoms. The van der Waals surface area contributed by atoms with Crippen LogP contribution in [-0.4, -0.2) is 50.1 Å². The van der Waals surface area contributed by atoms with Crippen molar-refractivity contribution in [3.8, 4) is 5.75 Å². The predicted octanol–water partition coefficient (Wildman–Crippen LogP) is 3.65. The van der Waals surface area contributed by atoms with E-state index in [1.807, 2.05) is 24.3 Å². The average Bonchev–Trinajstić information content (AvgIpc) is 2.73. The molecule has 1 aliphatic heterocycles. The van der Waals surface area contributed by atoms with E-state index in [1.54, 1.807) is 6.92 Å². The molecule has 29 heavy (non-hydrogen) atoms. The monoisotopic (exact) mass is 395 g/mol. The Morgan fingerprint density at radius 1 is 1.00 bits per heavy atom. The number of likely N-dealkylation sites (N-methyl/N-ethyl adjacent to an activating group) is 1. The first-order valence-corrected chi connectivity index (χ1v) is 10.5. The third-order valence-corrected chi connectivity index (χ3v) is 5.49. The van der Waals surface area contributed by atoms with Crippen molar-refractivity contribution in [3.63, 3.8) is 0 Å². The van der Waals surface area contributed by atoms with Gasteiger partial charge in [0.15, 0.2) is 6.10 Å². The van der Waals surface area contributed by atoms with E-state index in [0.717, 1.165) is 43.1 Å². The molecule has 1 heterocycles. The lowest BCUT2D eigenvalue weighted by Crippen LogP contribution is -2.44. The molecule has 0 aromatic heterocycles. The van der Waals surface area contributed by atoms with Crippen molar-refractivity contribution in [1.29, 1.82) is 0 Å². The predicted molar refractivity (Wildman–Crippen MR) is 119 cm³/mol. The van der Waals surface area contributed by atoms with Crippen LogP contribution in [-0.2, 0) is 11.3 Å². The number of rotatable bonds is 7. The fourth-order valence-electron chi connectivity index (χ4n) is 3.53. The van der Waals surface area contributed by atoms with Crippen LogP contribution in [0, 0.1) is 0 Å². The van der Waals surface area contributed by atoms with Gasteiger partial charge in [-0.15, -0.1) is 0 Å². The smallest absolute Gasteiger partial charge is 0.261 e. The lowest BCUT2D eigenvalue weighted by molar-refractivity contribution is -0.127. The van der Waals surface area contributed by atoms with E-state index < -0.39 is 6.10 Å². The Morgan fingerprint density at radius 2 is 1.66 bits per heavy atom. The van der Waals surface area contributed by atoms with Crippen LogP contribution < -0.4 is 15.0 Å². The molecule has 5 heteroatoms. The van der Waals surface area contributed by atoms with E-state index in [0.29, 0.717) is 12.5 Å². The molecule has 5 nitrogen and oxygen atoms in total. The fourth-order valence-corrected chi connectivity index (χ4v) is 3.53. The normalized spacial score (nSPS) is 16.0. The van der Waals surface area contributed by atoms with Crippen molar-refractivity contribution in [2.24, 2.45) is 0 Å². The van der Waals surface area contributed by atoms with Crippen molar-refractivity contribution >= 4 is 11.6 Å². The summed E-state index contributed by atoms with van der Waals surface area (Å²) >= 11 is 0. The second kappa shape index (κ2) is 9.79. The van der Waals surface area contributed by atoms with Crippen LogP contribution in [0.1, 0.15) is 37.8 Å². The maximum atomic E-state index is 12.5. The van der Waals surface area contributed by atoms with E-state index in [1.165, 1.54) is 5.69 Å². The number of carbonyl (C=O) groups is 1. The minimum absolute atomic E-state index is 0.105. The lowest BCUT2D eigenvalue weighted by Gasteiger charge is -2.34. The third-order valence-electron chi connectivity index (χ3n) is 5.49. The summed E-state index contributed by atoms with van der Waals surface area (Å²) in [6.45, 7) is 10.8. The molecule has 1 saturated heterocycles. The lowest BCUT2D eigenvalue weighted by atomic mass is 10.0. The fraction of sp³-hybridized carbons (Fsp3) is 0.458. The second-order valence-corrected chi connectivity index (χ2v) is 8.13. The van der Waals surface area contributed by atoms with Gasteiger partial charge in [-0.05, 0) is 49.2 Å². The van der Waals surface area contributed by atoms with E-state index >= 15 is 0 Å². The van der Waals surface area contributed by atoms with Crippen molar-refractivity contribution < 1.29 is 9.53 Å². The number of para-hydroxylation sites is 1. The number of amides is 1. The molecule has 2 aromatic rings. The summed E-state index contributed by atoms with van der Waals surface area (Å²) in [5, 5.41) is 2.99. The number of hydrogen-bond acceptors (Lipinski definition) is 4. The highest BCUT2D eigenvalue weighted by molar-refractivity contribution is 5.80. The van der Waals surface area contributed by atoms with Gasteiger partial charge in [0, 0.05) is 38.4 Å². The van der Waals surface area contributed by atoms with Crippen LogP contribution in [0.3, 0.4) is 0 Å². The summed E-state index contributed by atoms with van der Waals surface area (Å²) < 4.78 is 5.94. The van der Waals surface area contributed by atoms with E-state index in [2.05, 4.69) is 60.3 Å². The van der Waals surface area contributed by atoms with E-state index in [-0.39, 0.29) is 5.91 Å². The molecule has 1 atom stereocenters. The molecular weight excluding hydrogens is 362 g/mol. The summed E-state index contributed by atoms with van der Waals surface area (Å²) in [4.78, 5) is 17.3. The molecular formula is C24H33N3O2. The second-order valence-electron chi connectivity index (χ2n) is 8.13. The zero-order valence-corrected chi connectivity index (χ0v) is 18.0. The van der Waals surface area contributed by atoms with Gasteiger partial charge in [-0.3, -0.25) is 4.79 Å². The Balaban J connectivity index is 1.51. The SMILES string of the molecule is CC(Oc1ccccc1C(C)C)C(=O)NCc1ccc(N2CCN(C)CC2)cc1. The summed E-state index contributed by atoms with van der Waals surface area (Å²) in [5.74, 6) is 1.02. The molecule has 1 amide bonds. The van der Waals surface area contributed by atoms with Gasteiger partial charge in [0.25, 0.3) is 5.91 Å². The number of hydrogen-bond donors (Lipinski definition) is 1. The highest BCUT2D eigenvalue weighted by atomic mass is 16.5. The Labute approximate surface area is 174 Å².